The fourth-order valence-corrected chi connectivity index (χ4v) is 3.53. The van der Waals surface area contributed by atoms with E-state index in [-0.39, 0.29) is 22.3 Å². The molecule has 0 atom stereocenters. The van der Waals surface area contributed by atoms with Crippen molar-refractivity contribution in [3.05, 3.63) is 47.0 Å². The highest BCUT2D eigenvalue weighted by Crippen LogP contribution is 2.26. The molecule has 136 valence electrons. The summed E-state index contributed by atoms with van der Waals surface area (Å²) >= 11 is 11.8. The summed E-state index contributed by atoms with van der Waals surface area (Å²) < 4.78 is 26.9. The average Bonchev–Trinajstić information content (AvgIpc) is 3.00. The maximum absolute atomic E-state index is 12.1. The number of hydrogen-bond acceptors (Lipinski definition) is 4. The molecule has 1 aromatic heterocycles. The van der Waals surface area contributed by atoms with Gasteiger partial charge in [-0.2, -0.15) is 0 Å². The summed E-state index contributed by atoms with van der Waals surface area (Å²) in [7, 11) is -3.67. The van der Waals surface area contributed by atoms with Crippen molar-refractivity contribution in [2.45, 2.75) is 13.0 Å². The fourth-order valence-electron chi connectivity index (χ4n) is 2.18. The molecule has 10 heteroatoms. The Balaban J connectivity index is 1.96. The van der Waals surface area contributed by atoms with Gasteiger partial charge in [0.2, 0.25) is 15.9 Å². The van der Waals surface area contributed by atoms with Gasteiger partial charge in [-0.15, -0.1) is 0 Å². The van der Waals surface area contributed by atoms with E-state index in [9.17, 15) is 13.2 Å². The molecule has 2 rings (SSSR count). The zero-order valence-corrected chi connectivity index (χ0v) is 15.9. The lowest BCUT2D eigenvalue weighted by molar-refractivity contribution is -0.119. The lowest BCUT2D eigenvalue weighted by Gasteiger charge is -2.22. The van der Waals surface area contributed by atoms with Crippen LogP contribution in [0.3, 0.4) is 0 Å². The topological polar surface area (TPSA) is 84.3 Å². The van der Waals surface area contributed by atoms with Crippen molar-refractivity contribution in [2.75, 3.05) is 23.7 Å². The largest absolute Gasteiger partial charge is 0.354 e. The number of nitrogens with zero attached hydrogens (tertiary/aromatic N) is 3. The molecule has 0 aliphatic carbocycles. The second-order valence-electron chi connectivity index (χ2n) is 5.40. The first-order valence-electron chi connectivity index (χ1n) is 7.42. The number of sulfonamides is 1. The van der Waals surface area contributed by atoms with Crippen LogP contribution in [0.5, 0.6) is 0 Å². The Hall–Kier alpha value is -1.77. The number of aromatic nitrogens is 2. The van der Waals surface area contributed by atoms with E-state index in [1.165, 1.54) is 18.2 Å². The monoisotopic (exact) mass is 404 g/mol. The standard InChI is InChI=1S/C15H18Cl2N4O3S/c1-25(23,24)21(14-8-12(16)7-13(17)9-14)10-15(22)19-3-2-5-20-6-4-18-11-20/h4,6-9,11H,2-3,5,10H2,1H3,(H,19,22). The van der Waals surface area contributed by atoms with E-state index in [1.54, 1.807) is 12.5 Å². The van der Waals surface area contributed by atoms with Gasteiger partial charge < -0.3 is 9.88 Å². The number of hydrogen-bond donors (Lipinski definition) is 1. The minimum absolute atomic E-state index is 0.244. The SMILES string of the molecule is CS(=O)(=O)N(CC(=O)NCCCn1ccnc1)c1cc(Cl)cc(Cl)c1. The molecule has 2 aromatic rings. The normalized spacial score (nSPS) is 11.3. The Bertz CT molecular complexity index is 805. The number of nitrogens with one attached hydrogen (secondary N) is 1. The molecule has 0 radical (unpaired) electrons. The summed E-state index contributed by atoms with van der Waals surface area (Å²) in [4.78, 5) is 16.0. The second-order valence-corrected chi connectivity index (χ2v) is 8.18. The van der Waals surface area contributed by atoms with Crippen LogP contribution >= 0.6 is 23.2 Å². The maximum atomic E-state index is 12.1. The van der Waals surface area contributed by atoms with Crippen molar-refractivity contribution in [3.63, 3.8) is 0 Å². The quantitative estimate of drug-likeness (QED) is 0.683. The molecule has 0 bridgehead atoms. The lowest BCUT2D eigenvalue weighted by Crippen LogP contribution is -2.40. The van der Waals surface area contributed by atoms with Crippen LogP contribution in [-0.4, -0.2) is 43.2 Å². The van der Waals surface area contributed by atoms with Crippen molar-refractivity contribution < 1.29 is 13.2 Å². The summed E-state index contributed by atoms with van der Waals surface area (Å²) in [6.45, 7) is 0.783. The van der Waals surface area contributed by atoms with Crippen LogP contribution in [0, 0.1) is 0 Å². The van der Waals surface area contributed by atoms with Crippen molar-refractivity contribution in [1.82, 2.24) is 14.9 Å². The summed E-state index contributed by atoms with van der Waals surface area (Å²) in [6.07, 6.45) is 6.92. The molecule has 0 saturated carbocycles. The molecule has 7 nitrogen and oxygen atoms in total. The number of aryl methyl sites for hydroxylation is 1. The molecule has 0 spiro atoms. The minimum atomic E-state index is -3.67. The van der Waals surface area contributed by atoms with Crippen LogP contribution in [0.4, 0.5) is 5.69 Å². The second kappa shape index (κ2) is 8.55. The molecule has 0 aliphatic rings. The van der Waals surface area contributed by atoms with Gasteiger partial charge in [0.1, 0.15) is 6.54 Å². The highest BCUT2D eigenvalue weighted by molar-refractivity contribution is 7.92. The van der Waals surface area contributed by atoms with Gasteiger partial charge in [0.05, 0.1) is 18.3 Å². The Morgan fingerprint density at radius 1 is 1.28 bits per heavy atom. The smallest absolute Gasteiger partial charge is 0.240 e. The van der Waals surface area contributed by atoms with Gasteiger partial charge in [-0.25, -0.2) is 13.4 Å². The zero-order chi connectivity index (χ0) is 18.4. The van der Waals surface area contributed by atoms with E-state index in [4.69, 9.17) is 23.2 Å². The number of imidazole rings is 1. The maximum Gasteiger partial charge on any atom is 0.240 e. The predicted octanol–water partition coefficient (Wildman–Crippen LogP) is 2.16. The number of amides is 1. The third kappa shape index (κ3) is 6.22. The van der Waals surface area contributed by atoms with E-state index in [1.807, 2.05) is 10.8 Å². The van der Waals surface area contributed by atoms with Gasteiger partial charge in [-0.05, 0) is 24.6 Å². The third-order valence-corrected chi connectivity index (χ3v) is 4.87. The molecule has 25 heavy (non-hydrogen) atoms. The van der Waals surface area contributed by atoms with Gasteiger partial charge in [-0.1, -0.05) is 23.2 Å². The fraction of sp³-hybridized carbons (Fsp3) is 0.333. The van der Waals surface area contributed by atoms with Crippen LogP contribution < -0.4 is 9.62 Å². The minimum Gasteiger partial charge on any atom is -0.354 e. The molecular formula is C15H18Cl2N4O3S. The number of benzene rings is 1. The van der Waals surface area contributed by atoms with Crippen LogP contribution in [-0.2, 0) is 21.4 Å². The first-order valence-corrected chi connectivity index (χ1v) is 10.0. The first-order chi connectivity index (χ1) is 11.8. The van der Waals surface area contributed by atoms with E-state index < -0.39 is 15.9 Å². The summed E-state index contributed by atoms with van der Waals surface area (Å²) in [5.41, 5.74) is 0.244. The van der Waals surface area contributed by atoms with Gasteiger partial charge in [0.25, 0.3) is 0 Å². The van der Waals surface area contributed by atoms with Crippen LogP contribution in [0.25, 0.3) is 0 Å². The Morgan fingerprint density at radius 3 is 2.52 bits per heavy atom. The number of carbonyl (C=O) groups excluding carboxylic acids is 1. The molecule has 0 fully saturated rings. The molecule has 1 N–H and O–H groups in total. The van der Waals surface area contributed by atoms with Gasteiger partial charge in [0.15, 0.2) is 0 Å². The summed E-state index contributed by atoms with van der Waals surface area (Å²) in [5, 5.41) is 3.28. The van der Waals surface area contributed by atoms with Crippen molar-refractivity contribution in [1.29, 1.82) is 0 Å². The Labute approximate surface area is 156 Å². The highest BCUT2D eigenvalue weighted by Gasteiger charge is 2.21. The molecule has 1 heterocycles. The Kier molecular flexibility index (Phi) is 6.69. The predicted molar refractivity (Wildman–Crippen MR) is 98.5 cm³/mol. The zero-order valence-electron chi connectivity index (χ0n) is 13.5. The van der Waals surface area contributed by atoms with Crippen LogP contribution in [0.15, 0.2) is 36.9 Å². The third-order valence-electron chi connectivity index (χ3n) is 3.30. The summed E-state index contributed by atoms with van der Waals surface area (Å²) in [5.74, 6) is -0.410. The Morgan fingerprint density at radius 2 is 1.96 bits per heavy atom. The summed E-state index contributed by atoms with van der Waals surface area (Å²) in [6, 6.07) is 4.38. The number of rotatable bonds is 8. The number of anilines is 1. The van der Waals surface area contributed by atoms with E-state index in [0.29, 0.717) is 19.5 Å². The van der Waals surface area contributed by atoms with E-state index in [2.05, 4.69) is 10.3 Å². The highest BCUT2D eigenvalue weighted by atomic mass is 35.5. The molecule has 0 aliphatic heterocycles. The van der Waals surface area contributed by atoms with Crippen molar-refractivity contribution in [2.24, 2.45) is 0 Å². The van der Waals surface area contributed by atoms with Gasteiger partial charge >= 0.3 is 0 Å². The van der Waals surface area contributed by atoms with Gasteiger partial charge in [-0.3, -0.25) is 9.10 Å². The number of carbonyl (C=O) groups is 1. The average molecular weight is 405 g/mol. The van der Waals surface area contributed by atoms with E-state index >= 15 is 0 Å². The van der Waals surface area contributed by atoms with E-state index in [0.717, 1.165) is 10.6 Å². The van der Waals surface area contributed by atoms with Crippen LogP contribution in [0.2, 0.25) is 10.0 Å². The molecule has 0 unspecified atom stereocenters. The number of halogens is 2. The van der Waals surface area contributed by atoms with Crippen molar-refractivity contribution in [3.8, 4) is 0 Å². The van der Waals surface area contributed by atoms with Gasteiger partial charge in [0, 0.05) is 35.5 Å². The van der Waals surface area contributed by atoms with Crippen LogP contribution in [0.1, 0.15) is 6.42 Å². The van der Waals surface area contributed by atoms with Crippen molar-refractivity contribution >= 4 is 44.8 Å². The molecule has 1 amide bonds. The first kappa shape index (κ1) is 19.6. The lowest BCUT2D eigenvalue weighted by atomic mass is 10.3. The molecule has 1 aromatic carbocycles. The molecule has 0 saturated heterocycles. The molecular weight excluding hydrogens is 387 g/mol.